The molecule has 0 aliphatic heterocycles. The molecule has 0 radical (unpaired) electrons. The van der Waals surface area contributed by atoms with Gasteiger partial charge < -0.3 is 10.1 Å². The second-order valence-electron chi connectivity index (χ2n) is 6.07. The smallest absolute Gasteiger partial charge is 0.406 e. The largest absolute Gasteiger partial charge is 0.573 e. The topological polar surface area (TPSA) is 84.5 Å². The summed E-state index contributed by atoms with van der Waals surface area (Å²) in [4.78, 5) is 11.5. The molecule has 146 valence electrons. The van der Waals surface area contributed by atoms with E-state index >= 15 is 0 Å². The van der Waals surface area contributed by atoms with Crippen molar-refractivity contribution < 1.29 is 31.1 Å². The first-order chi connectivity index (χ1) is 12.2. The van der Waals surface area contributed by atoms with E-state index in [2.05, 4.69) is 14.8 Å². The summed E-state index contributed by atoms with van der Waals surface area (Å²) in [6.07, 6.45) is 0.166. The Balaban J connectivity index is 1.86. The highest BCUT2D eigenvalue weighted by molar-refractivity contribution is 7.89. The minimum absolute atomic E-state index is 0.0472. The zero-order chi connectivity index (χ0) is 19.2. The maximum absolute atomic E-state index is 12.2. The lowest BCUT2D eigenvalue weighted by molar-refractivity contribution is -0.274. The van der Waals surface area contributed by atoms with Crippen LogP contribution in [0.5, 0.6) is 5.75 Å². The van der Waals surface area contributed by atoms with Crippen LogP contribution in [0.2, 0.25) is 0 Å². The zero-order valence-corrected chi connectivity index (χ0v) is 14.8. The van der Waals surface area contributed by atoms with Gasteiger partial charge in [-0.05, 0) is 25.0 Å². The summed E-state index contributed by atoms with van der Waals surface area (Å²) in [5.74, 6) is -0.885. The van der Waals surface area contributed by atoms with Crippen molar-refractivity contribution in [3.8, 4) is 5.75 Å². The molecule has 0 aromatic heterocycles. The van der Waals surface area contributed by atoms with Gasteiger partial charge in [-0.15, -0.1) is 13.2 Å². The normalized spacial score (nSPS) is 16.3. The van der Waals surface area contributed by atoms with Gasteiger partial charge in [-0.1, -0.05) is 25.3 Å². The van der Waals surface area contributed by atoms with Crippen LogP contribution in [0.3, 0.4) is 0 Å². The van der Waals surface area contributed by atoms with Gasteiger partial charge in [0.25, 0.3) is 0 Å². The van der Waals surface area contributed by atoms with Crippen LogP contribution in [0.4, 0.5) is 13.2 Å². The lowest BCUT2D eigenvalue weighted by atomic mass is 9.95. The number of alkyl halides is 3. The second-order valence-corrected chi connectivity index (χ2v) is 7.84. The molecule has 2 N–H and O–H groups in total. The van der Waals surface area contributed by atoms with Crippen molar-refractivity contribution >= 4 is 15.9 Å². The van der Waals surface area contributed by atoms with Gasteiger partial charge in [0.15, 0.2) is 0 Å². The molecule has 0 atom stereocenters. The van der Waals surface area contributed by atoms with Crippen molar-refractivity contribution in [2.24, 2.45) is 0 Å². The molecule has 0 unspecified atom stereocenters. The Labute approximate surface area is 150 Å². The Morgan fingerprint density at radius 2 is 1.88 bits per heavy atom. The van der Waals surface area contributed by atoms with Crippen molar-refractivity contribution in [1.82, 2.24) is 10.0 Å². The number of amides is 1. The molecule has 0 heterocycles. The van der Waals surface area contributed by atoms with Crippen molar-refractivity contribution in [2.75, 3.05) is 6.54 Å². The molecule has 10 heteroatoms. The van der Waals surface area contributed by atoms with Crippen LogP contribution < -0.4 is 14.8 Å². The molecule has 0 bridgehead atoms. The summed E-state index contributed by atoms with van der Waals surface area (Å²) in [5.41, 5.74) is 0. The van der Waals surface area contributed by atoms with E-state index in [-0.39, 0.29) is 29.8 Å². The standard InChI is InChI=1S/C16H21F3N2O4S/c17-16(18,19)25-13-7-4-8-14(11-13)26(23,24)20-10-9-15(22)21-12-5-2-1-3-6-12/h4,7-8,11-12,20H,1-3,5-6,9-10H2,(H,21,22). The molecule has 0 saturated heterocycles. The molecule has 1 aliphatic rings. The quantitative estimate of drug-likeness (QED) is 0.745. The molecule has 1 saturated carbocycles. The minimum Gasteiger partial charge on any atom is -0.406 e. The van der Waals surface area contributed by atoms with Gasteiger partial charge in [0, 0.05) is 25.1 Å². The van der Waals surface area contributed by atoms with Crippen LogP contribution in [0, 0.1) is 0 Å². The number of hydrogen-bond donors (Lipinski definition) is 2. The van der Waals surface area contributed by atoms with Gasteiger partial charge in [-0.3, -0.25) is 4.79 Å². The van der Waals surface area contributed by atoms with Gasteiger partial charge in [0.1, 0.15) is 5.75 Å². The van der Waals surface area contributed by atoms with Crippen LogP contribution in [-0.2, 0) is 14.8 Å². The summed E-state index contributed by atoms with van der Waals surface area (Å²) in [5, 5.41) is 2.86. The predicted octanol–water partition coefficient (Wildman–Crippen LogP) is 2.70. The number of halogens is 3. The monoisotopic (exact) mass is 394 g/mol. The van der Waals surface area contributed by atoms with Crippen LogP contribution in [0.15, 0.2) is 29.2 Å². The number of carbonyl (C=O) groups is 1. The van der Waals surface area contributed by atoms with E-state index in [1.165, 1.54) is 0 Å². The summed E-state index contributed by atoms with van der Waals surface area (Å²) in [7, 11) is -4.04. The molecular weight excluding hydrogens is 373 g/mol. The van der Waals surface area contributed by atoms with Gasteiger partial charge in [0.2, 0.25) is 15.9 Å². The van der Waals surface area contributed by atoms with Crippen LogP contribution in [0.1, 0.15) is 38.5 Å². The van der Waals surface area contributed by atoms with Crippen molar-refractivity contribution in [2.45, 2.75) is 55.8 Å². The number of ether oxygens (including phenoxy) is 1. The second kappa shape index (κ2) is 8.72. The van der Waals surface area contributed by atoms with E-state index in [0.29, 0.717) is 0 Å². The molecule has 1 amide bonds. The highest BCUT2D eigenvalue weighted by atomic mass is 32.2. The fourth-order valence-electron chi connectivity index (χ4n) is 2.77. The Bertz CT molecular complexity index is 716. The van der Waals surface area contributed by atoms with Gasteiger partial charge in [0.05, 0.1) is 4.90 Å². The molecule has 2 rings (SSSR count). The summed E-state index contributed by atoms with van der Waals surface area (Å²) in [6.45, 7) is -0.148. The first-order valence-corrected chi connectivity index (χ1v) is 9.79. The third-order valence-electron chi connectivity index (χ3n) is 3.96. The van der Waals surface area contributed by atoms with Crippen molar-refractivity contribution in [3.05, 3.63) is 24.3 Å². The highest BCUT2D eigenvalue weighted by Crippen LogP contribution is 2.24. The Morgan fingerprint density at radius 1 is 1.19 bits per heavy atom. The van der Waals surface area contributed by atoms with Crippen molar-refractivity contribution in [3.63, 3.8) is 0 Å². The molecule has 1 aromatic rings. The predicted molar refractivity (Wildman–Crippen MR) is 87.9 cm³/mol. The first-order valence-electron chi connectivity index (χ1n) is 8.30. The summed E-state index contributed by atoms with van der Waals surface area (Å²) >= 11 is 0. The third kappa shape index (κ3) is 6.83. The molecule has 1 aliphatic carbocycles. The van der Waals surface area contributed by atoms with E-state index < -0.39 is 22.1 Å². The van der Waals surface area contributed by atoms with Gasteiger partial charge in [-0.2, -0.15) is 0 Å². The molecular formula is C16H21F3N2O4S. The number of nitrogens with one attached hydrogen (secondary N) is 2. The lowest BCUT2D eigenvalue weighted by Crippen LogP contribution is -2.38. The van der Waals surface area contributed by atoms with Crippen LogP contribution in [0.25, 0.3) is 0 Å². The van der Waals surface area contributed by atoms with E-state index in [9.17, 15) is 26.4 Å². The van der Waals surface area contributed by atoms with Gasteiger partial charge >= 0.3 is 6.36 Å². The number of carbonyl (C=O) groups excluding carboxylic acids is 1. The van der Waals surface area contributed by atoms with E-state index in [0.717, 1.165) is 56.4 Å². The molecule has 1 fully saturated rings. The maximum atomic E-state index is 12.2. The number of sulfonamides is 1. The number of rotatable bonds is 7. The summed E-state index contributed by atoms with van der Waals surface area (Å²) in [6, 6.07) is 4.20. The third-order valence-corrected chi connectivity index (χ3v) is 5.42. The first kappa shape index (κ1) is 20.5. The van der Waals surface area contributed by atoms with E-state index in [1.54, 1.807) is 0 Å². The molecule has 0 spiro atoms. The average Bonchev–Trinajstić information content (AvgIpc) is 2.54. The molecule has 26 heavy (non-hydrogen) atoms. The molecule has 6 nitrogen and oxygen atoms in total. The van der Waals surface area contributed by atoms with Crippen molar-refractivity contribution in [1.29, 1.82) is 0 Å². The molecule has 1 aromatic carbocycles. The highest BCUT2D eigenvalue weighted by Gasteiger charge is 2.31. The van der Waals surface area contributed by atoms with Crippen LogP contribution >= 0.6 is 0 Å². The minimum atomic E-state index is -4.91. The Kier molecular flexibility index (Phi) is 6.87. The fourth-order valence-corrected chi connectivity index (χ4v) is 3.83. The van der Waals surface area contributed by atoms with Gasteiger partial charge in [-0.25, -0.2) is 13.1 Å². The average molecular weight is 394 g/mol. The lowest BCUT2D eigenvalue weighted by Gasteiger charge is -2.22. The maximum Gasteiger partial charge on any atom is 0.573 e. The van der Waals surface area contributed by atoms with E-state index in [1.807, 2.05) is 0 Å². The van der Waals surface area contributed by atoms with Crippen LogP contribution in [-0.4, -0.2) is 33.3 Å². The Morgan fingerprint density at radius 3 is 2.54 bits per heavy atom. The number of hydrogen-bond acceptors (Lipinski definition) is 4. The SMILES string of the molecule is O=C(CCNS(=O)(=O)c1cccc(OC(F)(F)F)c1)NC1CCCCC1. The number of benzene rings is 1. The zero-order valence-electron chi connectivity index (χ0n) is 14.0. The Hall–Kier alpha value is -1.81. The summed E-state index contributed by atoms with van der Waals surface area (Å²) < 4.78 is 66.9. The van der Waals surface area contributed by atoms with E-state index in [4.69, 9.17) is 0 Å². The fraction of sp³-hybridized carbons (Fsp3) is 0.562.